The van der Waals surface area contributed by atoms with Crippen LogP contribution in [0.5, 0.6) is 0 Å². The summed E-state index contributed by atoms with van der Waals surface area (Å²) >= 11 is 0. The first-order valence-electron chi connectivity index (χ1n) is 6.23. The molecular formula is C13H25O5P. The third-order valence-electron chi connectivity index (χ3n) is 2.17. The van der Waals surface area contributed by atoms with Crippen LogP contribution >= 0.6 is 7.60 Å². The van der Waals surface area contributed by atoms with Crippen molar-refractivity contribution >= 4 is 13.6 Å². The van der Waals surface area contributed by atoms with Crippen LogP contribution in [0.2, 0.25) is 0 Å². The SMILES string of the molecule is C=C(C)C(=O)OCCOP(C)(=O)OCCC(C)(C)C. The average molecular weight is 292 g/mol. The minimum Gasteiger partial charge on any atom is -0.460 e. The summed E-state index contributed by atoms with van der Waals surface area (Å²) in [5.41, 5.74) is 0.443. The molecule has 0 amide bonds. The van der Waals surface area contributed by atoms with E-state index in [0.29, 0.717) is 12.2 Å². The highest BCUT2D eigenvalue weighted by atomic mass is 31.2. The van der Waals surface area contributed by atoms with Crippen LogP contribution in [0.15, 0.2) is 12.2 Å². The van der Waals surface area contributed by atoms with Gasteiger partial charge in [0.2, 0.25) is 0 Å². The number of rotatable bonds is 8. The molecule has 112 valence electrons. The van der Waals surface area contributed by atoms with E-state index in [0.717, 1.165) is 6.42 Å². The summed E-state index contributed by atoms with van der Waals surface area (Å²) in [5, 5.41) is 0. The molecule has 19 heavy (non-hydrogen) atoms. The minimum atomic E-state index is -3.08. The minimum absolute atomic E-state index is 0.0339. The Bertz CT molecular complexity index is 357. The van der Waals surface area contributed by atoms with E-state index in [4.69, 9.17) is 13.8 Å². The molecule has 0 saturated carbocycles. The van der Waals surface area contributed by atoms with Crippen LogP contribution in [0, 0.1) is 5.41 Å². The van der Waals surface area contributed by atoms with E-state index in [2.05, 4.69) is 27.4 Å². The van der Waals surface area contributed by atoms with Gasteiger partial charge in [-0.3, -0.25) is 4.57 Å². The van der Waals surface area contributed by atoms with Crippen molar-refractivity contribution in [2.75, 3.05) is 26.5 Å². The van der Waals surface area contributed by atoms with Crippen molar-refractivity contribution < 1.29 is 23.1 Å². The van der Waals surface area contributed by atoms with E-state index in [1.807, 2.05) is 0 Å². The van der Waals surface area contributed by atoms with Crippen LogP contribution in [-0.4, -0.2) is 32.5 Å². The molecule has 0 fully saturated rings. The number of esters is 1. The third kappa shape index (κ3) is 10.9. The fourth-order valence-electron chi connectivity index (χ4n) is 1.02. The number of hydrogen-bond donors (Lipinski definition) is 0. The molecule has 0 heterocycles. The molecule has 6 heteroatoms. The van der Waals surface area contributed by atoms with Gasteiger partial charge >= 0.3 is 13.6 Å². The summed E-state index contributed by atoms with van der Waals surface area (Å²) in [5.74, 6) is -0.483. The van der Waals surface area contributed by atoms with Crippen molar-refractivity contribution in [3.05, 3.63) is 12.2 Å². The Morgan fingerprint density at radius 3 is 2.16 bits per heavy atom. The average Bonchev–Trinajstić information content (AvgIpc) is 2.21. The quantitative estimate of drug-likeness (QED) is 0.297. The highest BCUT2D eigenvalue weighted by molar-refractivity contribution is 7.52. The Morgan fingerprint density at radius 2 is 1.68 bits per heavy atom. The summed E-state index contributed by atoms with van der Waals surface area (Å²) in [4.78, 5) is 11.1. The van der Waals surface area contributed by atoms with Gasteiger partial charge < -0.3 is 13.8 Å². The van der Waals surface area contributed by atoms with Crippen LogP contribution in [0.1, 0.15) is 34.1 Å². The molecule has 0 spiro atoms. The van der Waals surface area contributed by atoms with Gasteiger partial charge in [-0.05, 0) is 18.8 Å². The van der Waals surface area contributed by atoms with E-state index in [1.165, 1.54) is 6.66 Å². The lowest BCUT2D eigenvalue weighted by molar-refractivity contribution is -0.139. The monoisotopic (exact) mass is 292 g/mol. The maximum atomic E-state index is 11.9. The summed E-state index contributed by atoms with van der Waals surface area (Å²) in [6.07, 6.45) is 0.791. The molecule has 1 unspecified atom stereocenters. The Hall–Kier alpha value is -0.640. The zero-order valence-corrected chi connectivity index (χ0v) is 13.4. The van der Waals surface area contributed by atoms with E-state index < -0.39 is 13.6 Å². The molecule has 0 bridgehead atoms. The molecule has 0 aliphatic heterocycles. The molecule has 0 N–H and O–H groups in total. The van der Waals surface area contributed by atoms with Gasteiger partial charge in [-0.15, -0.1) is 0 Å². The van der Waals surface area contributed by atoms with Crippen molar-refractivity contribution in [2.24, 2.45) is 5.41 Å². The Kier molecular flexibility index (Phi) is 7.57. The molecule has 0 aliphatic rings. The number of carbonyl (C=O) groups excluding carboxylic acids is 1. The van der Waals surface area contributed by atoms with E-state index in [1.54, 1.807) is 6.92 Å². The van der Waals surface area contributed by atoms with Crippen molar-refractivity contribution in [1.82, 2.24) is 0 Å². The predicted octanol–water partition coefficient (Wildman–Crippen LogP) is 3.40. The Labute approximate surface area is 115 Å². The first-order valence-corrected chi connectivity index (χ1v) is 8.22. The largest absolute Gasteiger partial charge is 0.460 e. The maximum Gasteiger partial charge on any atom is 0.333 e. The topological polar surface area (TPSA) is 61.8 Å². The van der Waals surface area contributed by atoms with Crippen LogP contribution in [-0.2, 0) is 23.1 Å². The second-order valence-electron chi connectivity index (χ2n) is 5.66. The van der Waals surface area contributed by atoms with Crippen molar-refractivity contribution in [2.45, 2.75) is 34.1 Å². The van der Waals surface area contributed by atoms with Gasteiger partial charge in [0, 0.05) is 12.2 Å². The molecule has 0 rings (SSSR count). The van der Waals surface area contributed by atoms with Crippen LogP contribution in [0.25, 0.3) is 0 Å². The lowest BCUT2D eigenvalue weighted by Crippen LogP contribution is -2.12. The van der Waals surface area contributed by atoms with Gasteiger partial charge in [0.25, 0.3) is 0 Å². The van der Waals surface area contributed by atoms with Crippen LogP contribution in [0.3, 0.4) is 0 Å². The lowest BCUT2D eigenvalue weighted by atomic mass is 9.93. The second kappa shape index (κ2) is 7.83. The van der Waals surface area contributed by atoms with Gasteiger partial charge in [0.1, 0.15) is 6.61 Å². The fraction of sp³-hybridized carbons (Fsp3) is 0.769. The molecule has 0 radical (unpaired) electrons. The summed E-state index contributed by atoms with van der Waals surface area (Å²) in [6.45, 7) is 13.1. The highest BCUT2D eigenvalue weighted by Crippen LogP contribution is 2.44. The third-order valence-corrected chi connectivity index (χ3v) is 3.47. The zero-order valence-electron chi connectivity index (χ0n) is 12.5. The van der Waals surface area contributed by atoms with Crippen molar-refractivity contribution in [1.29, 1.82) is 0 Å². The fourth-order valence-corrected chi connectivity index (χ4v) is 1.92. The van der Waals surface area contributed by atoms with Gasteiger partial charge in [0.15, 0.2) is 0 Å². The molecule has 0 aromatic carbocycles. The number of ether oxygens (including phenoxy) is 1. The van der Waals surface area contributed by atoms with Gasteiger partial charge in [-0.25, -0.2) is 4.79 Å². The molecule has 0 aliphatic carbocycles. The highest BCUT2D eigenvalue weighted by Gasteiger charge is 2.19. The maximum absolute atomic E-state index is 11.9. The summed E-state index contributed by atoms with van der Waals surface area (Å²) in [6, 6.07) is 0. The van der Waals surface area contributed by atoms with Crippen LogP contribution in [0.4, 0.5) is 0 Å². The van der Waals surface area contributed by atoms with Crippen LogP contribution < -0.4 is 0 Å². The molecule has 1 atom stereocenters. The second-order valence-corrected chi connectivity index (χ2v) is 7.72. The van der Waals surface area contributed by atoms with E-state index >= 15 is 0 Å². The zero-order chi connectivity index (χ0) is 15.1. The molecule has 5 nitrogen and oxygen atoms in total. The first kappa shape index (κ1) is 18.4. The predicted molar refractivity (Wildman–Crippen MR) is 75.3 cm³/mol. The molecule has 0 aromatic rings. The van der Waals surface area contributed by atoms with Gasteiger partial charge in [-0.1, -0.05) is 27.4 Å². The van der Waals surface area contributed by atoms with Gasteiger partial charge in [0.05, 0.1) is 13.2 Å². The van der Waals surface area contributed by atoms with Crippen molar-refractivity contribution in [3.63, 3.8) is 0 Å². The van der Waals surface area contributed by atoms with E-state index in [-0.39, 0.29) is 18.6 Å². The first-order chi connectivity index (χ1) is 8.53. The smallest absolute Gasteiger partial charge is 0.333 e. The Morgan fingerprint density at radius 1 is 1.16 bits per heavy atom. The standard InChI is InChI=1S/C13H25O5P/c1-11(2)12(14)16-9-10-18-19(6,15)17-8-7-13(3,4)5/h1,7-10H2,2-6H3. The number of hydrogen-bond acceptors (Lipinski definition) is 5. The molecule has 0 saturated heterocycles. The summed E-state index contributed by atoms with van der Waals surface area (Å²) < 4.78 is 27.0. The Balaban J connectivity index is 3.82. The normalized spacial score (nSPS) is 14.8. The van der Waals surface area contributed by atoms with Gasteiger partial charge in [-0.2, -0.15) is 0 Å². The van der Waals surface area contributed by atoms with E-state index in [9.17, 15) is 9.36 Å². The molecular weight excluding hydrogens is 267 g/mol. The summed E-state index contributed by atoms with van der Waals surface area (Å²) in [7, 11) is -3.08. The lowest BCUT2D eigenvalue weighted by Gasteiger charge is -2.20. The number of carbonyl (C=O) groups is 1. The molecule has 0 aromatic heterocycles. The van der Waals surface area contributed by atoms with Crippen molar-refractivity contribution in [3.8, 4) is 0 Å².